The quantitative estimate of drug-likeness (QED) is 0.422. The smallest absolute Gasteiger partial charge is 0.282 e. The lowest BCUT2D eigenvalue weighted by atomic mass is 10.1. The van der Waals surface area contributed by atoms with E-state index in [9.17, 15) is 14.9 Å². The highest BCUT2D eigenvalue weighted by molar-refractivity contribution is 6.35. The van der Waals surface area contributed by atoms with Crippen LogP contribution in [0.3, 0.4) is 0 Å². The van der Waals surface area contributed by atoms with Crippen LogP contribution in [0.25, 0.3) is 0 Å². The molecule has 0 spiro atoms. The molecule has 0 aliphatic carbocycles. The van der Waals surface area contributed by atoms with Gasteiger partial charge in [-0.1, -0.05) is 35.3 Å². The number of ether oxygens (including phenoxy) is 1. The summed E-state index contributed by atoms with van der Waals surface area (Å²) in [5, 5.41) is 14.5. The summed E-state index contributed by atoms with van der Waals surface area (Å²) in [6.07, 6.45) is 0. The Kier molecular flexibility index (Phi) is 5.59. The first-order valence-electron chi connectivity index (χ1n) is 7.72. The number of amides is 1. The predicted octanol–water partition coefficient (Wildman–Crippen LogP) is 5.95. The predicted molar refractivity (Wildman–Crippen MR) is 104 cm³/mol. The number of hydrogen-bond acceptors (Lipinski definition) is 4. The molecule has 8 heteroatoms. The third-order valence-electron chi connectivity index (χ3n) is 3.58. The molecule has 0 aromatic heterocycles. The third-order valence-corrected chi connectivity index (χ3v) is 4.11. The molecule has 0 aliphatic rings. The lowest BCUT2D eigenvalue weighted by molar-refractivity contribution is -0.385. The summed E-state index contributed by atoms with van der Waals surface area (Å²) in [6, 6.07) is 17.1. The minimum atomic E-state index is -0.596. The molecule has 6 nitrogen and oxygen atoms in total. The second-order valence-electron chi connectivity index (χ2n) is 5.43. The molecule has 0 atom stereocenters. The van der Waals surface area contributed by atoms with Crippen LogP contribution < -0.4 is 10.1 Å². The topological polar surface area (TPSA) is 81.5 Å². The molecule has 0 saturated carbocycles. The van der Waals surface area contributed by atoms with Crippen molar-refractivity contribution in [3.63, 3.8) is 0 Å². The second-order valence-corrected chi connectivity index (χ2v) is 6.27. The molecule has 136 valence electrons. The lowest BCUT2D eigenvalue weighted by Crippen LogP contribution is -2.13. The van der Waals surface area contributed by atoms with E-state index in [2.05, 4.69) is 5.32 Å². The molecule has 0 unspecified atom stereocenters. The zero-order chi connectivity index (χ0) is 19.4. The SMILES string of the molecule is O=C(Nc1ccc(Oc2ccc(Cl)cc2Cl)cc1)c1ccccc1[N+](=O)[O-]. The summed E-state index contributed by atoms with van der Waals surface area (Å²) in [4.78, 5) is 22.8. The van der Waals surface area contributed by atoms with E-state index in [1.165, 1.54) is 18.2 Å². The molecule has 0 aliphatic heterocycles. The molecule has 0 bridgehead atoms. The number of hydrogen-bond donors (Lipinski definition) is 1. The van der Waals surface area contributed by atoms with Crippen molar-refractivity contribution in [2.45, 2.75) is 0 Å². The number of carbonyl (C=O) groups excluding carboxylic acids is 1. The molecule has 1 N–H and O–H groups in total. The maximum Gasteiger partial charge on any atom is 0.282 e. The molecule has 0 fully saturated rings. The van der Waals surface area contributed by atoms with Crippen molar-refractivity contribution in [3.05, 3.63) is 92.5 Å². The molecule has 0 radical (unpaired) electrons. The molecule has 3 aromatic rings. The number of rotatable bonds is 5. The zero-order valence-electron chi connectivity index (χ0n) is 13.7. The fourth-order valence-corrected chi connectivity index (χ4v) is 2.76. The van der Waals surface area contributed by atoms with E-state index in [-0.39, 0.29) is 11.3 Å². The first kappa shape index (κ1) is 18.7. The van der Waals surface area contributed by atoms with Crippen LogP contribution in [-0.2, 0) is 0 Å². The monoisotopic (exact) mass is 402 g/mol. The van der Waals surface area contributed by atoms with E-state index in [1.54, 1.807) is 48.5 Å². The molecule has 1 amide bonds. The Balaban J connectivity index is 1.72. The van der Waals surface area contributed by atoms with Crippen molar-refractivity contribution in [3.8, 4) is 11.5 Å². The molecule has 3 aromatic carbocycles. The molecule has 27 heavy (non-hydrogen) atoms. The summed E-state index contributed by atoms with van der Waals surface area (Å²) in [6.45, 7) is 0. The molecule has 0 saturated heterocycles. The number of benzene rings is 3. The lowest BCUT2D eigenvalue weighted by Gasteiger charge is -2.09. The van der Waals surface area contributed by atoms with Crippen LogP contribution in [0.2, 0.25) is 10.0 Å². The van der Waals surface area contributed by atoms with Gasteiger partial charge in [-0.25, -0.2) is 0 Å². The van der Waals surface area contributed by atoms with Crippen LogP contribution in [0.4, 0.5) is 11.4 Å². The van der Waals surface area contributed by atoms with Gasteiger partial charge in [0, 0.05) is 16.8 Å². The fourth-order valence-electron chi connectivity index (χ4n) is 2.31. The number of nitrogens with one attached hydrogen (secondary N) is 1. The highest BCUT2D eigenvalue weighted by atomic mass is 35.5. The highest BCUT2D eigenvalue weighted by Crippen LogP contribution is 2.32. The molecule has 0 heterocycles. The average molecular weight is 403 g/mol. The van der Waals surface area contributed by atoms with E-state index in [0.29, 0.717) is 27.2 Å². The second kappa shape index (κ2) is 8.07. The normalized spacial score (nSPS) is 10.3. The highest BCUT2D eigenvalue weighted by Gasteiger charge is 2.19. The average Bonchev–Trinajstić information content (AvgIpc) is 2.65. The van der Waals surface area contributed by atoms with Crippen LogP contribution in [0, 0.1) is 10.1 Å². The van der Waals surface area contributed by atoms with E-state index < -0.39 is 10.8 Å². The van der Waals surface area contributed by atoms with Crippen LogP contribution in [0.1, 0.15) is 10.4 Å². The Morgan fingerprint density at radius 3 is 2.37 bits per heavy atom. The van der Waals surface area contributed by atoms with Crippen molar-refractivity contribution in [1.82, 2.24) is 0 Å². The Hall–Kier alpha value is -3.09. The molecular weight excluding hydrogens is 391 g/mol. The number of nitro groups is 1. The third kappa shape index (κ3) is 4.55. The first-order chi connectivity index (χ1) is 12.9. The maximum atomic E-state index is 12.3. The van der Waals surface area contributed by atoms with Gasteiger partial charge in [0.25, 0.3) is 11.6 Å². The fraction of sp³-hybridized carbons (Fsp3) is 0. The molecular formula is C19H12Cl2N2O4. The Bertz CT molecular complexity index is 1010. The van der Waals surface area contributed by atoms with Gasteiger partial charge < -0.3 is 10.1 Å². The zero-order valence-corrected chi connectivity index (χ0v) is 15.2. The first-order valence-corrected chi connectivity index (χ1v) is 8.47. The van der Waals surface area contributed by atoms with Gasteiger partial charge in [-0.15, -0.1) is 0 Å². The summed E-state index contributed by atoms with van der Waals surface area (Å²) < 4.78 is 5.67. The largest absolute Gasteiger partial charge is 0.456 e. The van der Waals surface area contributed by atoms with Gasteiger partial charge in [-0.3, -0.25) is 14.9 Å². The van der Waals surface area contributed by atoms with E-state index in [0.717, 1.165) is 0 Å². The number of carbonyl (C=O) groups is 1. The van der Waals surface area contributed by atoms with Gasteiger partial charge in [0.1, 0.15) is 17.1 Å². The van der Waals surface area contributed by atoms with Crippen LogP contribution >= 0.6 is 23.2 Å². The van der Waals surface area contributed by atoms with Gasteiger partial charge in [0.05, 0.1) is 9.95 Å². The van der Waals surface area contributed by atoms with Gasteiger partial charge in [-0.05, 0) is 48.5 Å². The standard InChI is InChI=1S/C19H12Cl2N2O4/c20-12-5-10-18(16(21)11-12)27-14-8-6-13(7-9-14)22-19(24)15-3-1-2-4-17(15)23(25)26/h1-11H,(H,22,24). The number of para-hydroxylation sites is 1. The van der Waals surface area contributed by atoms with Crippen LogP contribution in [0.15, 0.2) is 66.7 Å². The molecule has 3 rings (SSSR count). The number of nitrogens with zero attached hydrogens (tertiary/aromatic N) is 1. The summed E-state index contributed by atoms with van der Waals surface area (Å²) >= 11 is 11.9. The number of halogens is 2. The van der Waals surface area contributed by atoms with E-state index in [1.807, 2.05) is 0 Å². The summed E-state index contributed by atoms with van der Waals surface area (Å²) in [5.74, 6) is 0.373. The van der Waals surface area contributed by atoms with Crippen LogP contribution in [-0.4, -0.2) is 10.8 Å². The minimum Gasteiger partial charge on any atom is -0.456 e. The van der Waals surface area contributed by atoms with Crippen molar-refractivity contribution >= 4 is 40.5 Å². The van der Waals surface area contributed by atoms with Gasteiger partial charge >= 0.3 is 0 Å². The van der Waals surface area contributed by atoms with Gasteiger partial charge in [0.15, 0.2) is 0 Å². The maximum absolute atomic E-state index is 12.3. The van der Waals surface area contributed by atoms with Gasteiger partial charge in [-0.2, -0.15) is 0 Å². The number of nitro benzene ring substituents is 1. The van der Waals surface area contributed by atoms with Crippen molar-refractivity contribution in [1.29, 1.82) is 0 Å². The van der Waals surface area contributed by atoms with Crippen LogP contribution in [0.5, 0.6) is 11.5 Å². The van der Waals surface area contributed by atoms with E-state index >= 15 is 0 Å². The summed E-state index contributed by atoms with van der Waals surface area (Å²) in [7, 11) is 0. The summed E-state index contributed by atoms with van der Waals surface area (Å²) in [5.41, 5.74) is 0.191. The van der Waals surface area contributed by atoms with Crippen molar-refractivity contribution in [2.24, 2.45) is 0 Å². The Morgan fingerprint density at radius 1 is 1.00 bits per heavy atom. The Morgan fingerprint density at radius 2 is 1.70 bits per heavy atom. The van der Waals surface area contributed by atoms with E-state index in [4.69, 9.17) is 27.9 Å². The van der Waals surface area contributed by atoms with Crippen molar-refractivity contribution in [2.75, 3.05) is 5.32 Å². The Labute approximate surface area is 164 Å². The van der Waals surface area contributed by atoms with Crippen molar-refractivity contribution < 1.29 is 14.5 Å². The number of anilines is 1. The minimum absolute atomic E-state index is 0.0178. The van der Waals surface area contributed by atoms with Gasteiger partial charge in [0.2, 0.25) is 0 Å².